The fourth-order valence-corrected chi connectivity index (χ4v) is 1.22. The van der Waals surface area contributed by atoms with Gasteiger partial charge in [0.15, 0.2) is 0 Å². The van der Waals surface area contributed by atoms with Gasteiger partial charge in [-0.05, 0) is 0 Å². The number of esters is 1. The van der Waals surface area contributed by atoms with Crippen LogP contribution in [0.2, 0.25) is 0 Å². The van der Waals surface area contributed by atoms with Crippen molar-refractivity contribution >= 4 is 11.9 Å². The molecule has 2 N–H and O–H groups in total. The van der Waals surface area contributed by atoms with Crippen LogP contribution >= 0.6 is 0 Å². The van der Waals surface area contributed by atoms with Crippen LogP contribution < -0.4 is 10.6 Å². The molecule has 1 saturated heterocycles. The molecule has 5 heteroatoms. The summed E-state index contributed by atoms with van der Waals surface area (Å²) in [5.74, 6) is -0.228. The summed E-state index contributed by atoms with van der Waals surface area (Å²) >= 11 is 0. The highest BCUT2D eigenvalue weighted by Crippen LogP contribution is 1.97. The van der Waals surface area contributed by atoms with Gasteiger partial charge in [0.25, 0.3) is 0 Å². The maximum Gasteiger partial charge on any atom is 0.307 e. The Morgan fingerprint density at radius 1 is 1.69 bits per heavy atom. The number of carbonyl (C=O) groups is 2. The molecule has 0 spiro atoms. The van der Waals surface area contributed by atoms with E-state index in [0.29, 0.717) is 25.9 Å². The Labute approximate surface area is 76.8 Å². The lowest BCUT2D eigenvalue weighted by Gasteiger charge is -2.13. The van der Waals surface area contributed by atoms with Gasteiger partial charge in [-0.15, -0.1) is 0 Å². The van der Waals surface area contributed by atoms with Crippen molar-refractivity contribution in [3.8, 4) is 0 Å². The normalized spacial score (nSPS) is 23.2. The van der Waals surface area contributed by atoms with Crippen molar-refractivity contribution in [2.75, 3.05) is 20.2 Å². The Bertz CT molecular complexity index is 206. The van der Waals surface area contributed by atoms with Gasteiger partial charge in [0.05, 0.1) is 13.5 Å². The first kappa shape index (κ1) is 9.98. The molecule has 74 valence electrons. The topological polar surface area (TPSA) is 67.4 Å². The highest BCUT2D eigenvalue weighted by Gasteiger charge is 2.17. The summed E-state index contributed by atoms with van der Waals surface area (Å²) < 4.78 is 4.53. The van der Waals surface area contributed by atoms with Crippen molar-refractivity contribution in [1.82, 2.24) is 10.6 Å². The largest absolute Gasteiger partial charge is 0.469 e. The van der Waals surface area contributed by atoms with Crippen LogP contribution in [-0.2, 0) is 14.3 Å². The van der Waals surface area contributed by atoms with Gasteiger partial charge in [0.2, 0.25) is 5.91 Å². The number of rotatable bonds is 2. The number of nitrogens with one attached hydrogen (secondary N) is 2. The van der Waals surface area contributed by atoms with E-state index in [1.54, 1.807) is 0 Å². The molecule has 0 saturated carbocycles. The van der Waals surface area contributed by atoms with Crippen LogP contribution in [0.4, 0.5) is 0 Å². The van der Waals surface area contributed by atoms with Crippen LogP contribution in [-0.4, -0.2) is 38.1 Å². The van der Waals surface area contributed by atoms with Gasteiger partial charge in [-0.1, -0.05) is 0 Å². The van der Waals surface area contributed by atoms with Crippen LogP contribution in [0, 0.1) is 0 Å². The average Bonchev–Trinajstić information content (AvgIpc) is 2.31. The van der Waals surface area contributed by atoms with Gasteiger partial charge in [-0.3, -0.25) is 9.59 Å². The van der Waals surface area contributed by atoms with Crippen molar-refractivity contribution in [2.45, 2.75) is 18.9 Å². The zero-order valence-corrected chi connectivity index (χ0v) is 7.63. The molecule has 0 aromatic rings. The van der Waals surface area contributed by atoms with Crippen LogP contribution in [0.15, 0.2) is 0 Å². The first-order chi connectivity index (χ1) is 6.22. The first-order valence-corrected chi connectivity index (χ1v) is 4.29. The molecule has 1 heterocycles. The third-order valence-corrected chi connectivity index (χ3v) is 1.97. The molecule has 0 aliphatic carbocycles. The Hall–Kier alpha value is -1.10. The summed E-state index contributed by atoms with van der Waals surface area (Å²) in [5.41, 5.74) is 0. The SMILES string of the molecule is COC(=O)CC1CNC(=O)CCN1. The average molecular weight is 186 g/mol. The third-order valence-electron chi connectivity index (χ3n) is 1.97. The zero-order valence-electron chi connectivity index (χ0n) is 7.63. The number of ether oxygens (including phenoxy) is 1. The van der Waals surface area contributed by atoms with Gasteiger partial charge in [0.1, 0.15) is 0 Å². The third kappa shape index (κ3) is 3.42. The Morgan fingerprint density at radius 2 is 2.46 bits per heavy atom. The van der Waals surface area contributed by atoms with Crippen LogP contribution in [0.3, 0.4) is 0 Å². The minimum atomic E-state index is -0.256. The predicted molar refractivity (Wildman–Crippen MR) is 46.1 cm³/mol. The molecular formula is C8H14N2O3. The minimum absolute atomic E-state index is 0.00102. The molecule has 1 unspecified atom stereocenters. The van der Waals surface area contributed by atoms with Crippen LogP contribution in [0.25, 0.3) is 0 Å². The highest BCUT2D eigenvalue weighted by atomic mass is 16.5. The van der Waals surface area contributed by atoms with Crippen LogP contribution in [0.1, 0.15) is 12.8 Å². The Kier molecular flexibility index (Phi) is 3.70. The zero-order chi connectivity index (χ0) is 9.68. The second-order valence-corrected chi connectivity index (χ2v) is 2.99. The molecule has 1 aliphatic heterocycles. The lowest BCUT2D eigenvalue weighted by Crippen LogP contribution is -2.37. The van der Waals surface area contributed by atoms with Gasteiger partial charge in [-0.2, -0.15) is 0 Å². The monoisotopic (exact) mass is 186 g/mol. The van der Waals surface area contributed by atoms with Crippen molar-refractivity contribution in [2.24, 2.45) is 0 Å². The second-order valence-electron chi connectivity index (χ2n) is 2.99. The highest BCUT2D eigenvalue weighted by molar-refractivity contribution is 5.76. The van der Waals surface area contributed by atoms with Crippen LogP contribution in [0.5, 0.6) is 0 Å². The number of hydrogen-bond acceptors (Lipinski definition) is 4. The second kappa shape index (κ2) is 4.81. The lowest BCUT2D eigenvalue weighted by atomic mass is 10.2. The molecule has 1 amide bonds. The van der Waals surface area contributed by atoms with E-state index in [2.05, 4.69) is 15.4 Å². The molecule has 1 fully saturated rings. The van der Waals surface area contributed by atoms with Gasteiger partial charge in [-0.25, -0.2) is 0 Å². The van der Waals surface area contributed by atoms with Gasteiger partial charge < -0.3 is 15.4 Å². The van der Waals surface area contributed by atoms with E-state index >= 15 is 0 Å². The predicted octanol–water partition coefficient (Wildman–Crippen LogP) is -0.972. The number of amides is 1. The maximum absolute atomic E-state index is 10.9. The summed E-state index contributed by atoms with van der Waals surface area (Å²) in [7, 11) is 1.36. The lowest BCUT2D eigenvalue weighted by molar-refractivity contribution is -0.141. The summed E-state index contributed by atoms with van der Waals surface area (Å²) in [6.07, 6.45) is 0.772. The molecule has 0 aromatic carbocycles. The fourth-order valence-electron chi connectivity index (χ4n) is 1.22. The molecule has 1 atom stereocenters. The molecular weight excluding hydrogens is 172 g/mol. The van der Waals surface area contributed by atoms with Crippen molar-refractivity contribution in [3.63, 3.8) is 0 Å². The maximum atomic E-state index is 10.9. The standard InChI is InChI=1S/C8H14N2O3/c1-13-8(12)4-6-5-10-7(11)2-3-9-6/h6,9H,2-5H2,1H3,(H,10,11). The minimum Gasteiger partial charge on any atom is -0.469 e. The van der Waals surface area contributed by atoms with Crippen molar-refractivity contribution in [1.29, 1.82) is 0 Å². The fraction of sp³-hybridized carbons (Fsp3) is 0.750. The molecule has 13 heavy (non-hydrogen) atoms. The summed E-state index contributed by atoms with van der Waals surface area (Å²) in [6.45, 7) is 1.11. The van der Waals surface area contributed by atoms with E-state index < -0.39 is 0 Å². The molecule has 1 aliphatic rings. The number of methoxy groups -OCH3 is 1. The number of carbonyl (C=O) groups excluding carboxylic acids is 2. The van der Waals surface area contributed by atoms with E-state index in [9.17, 15) is 9.59 Å². The van der Waals surface area contributed by atoms with E-state index in [0.717, 1.165) is 0 Å². The van der Waals surface area contributed by atoms with Gasteiger partial charge >= 0.3 is 5.97 Å². The molecule has 0 aromatic heterocycles. The molecule has 0 radical (unpaired) electrons. The molecule has 1 rings (SSSR count). The smallest absolute Gasteiger partial charge is 0.307 e. The summed E-state index contributed by atoms with van der Waals surface area (Å²) in [6, 6.07) is -0.00102. The quantitative estimate of drug-likeness (QED) is 0.544. The van der Waals surface area contributed by atoms with E-state index in [1.807, 2.05) is 0 Å². The Balaban J connectivity index is 2.33. The van der Waals surface area contributed by atoms with Crippen molar-refractivity contribution in [3.05, 3.63) is 0 Å². The van der Waals surface area contributed by atoms with Crippen molar-refractivity contribution < 1.29 is 14.3 Å². The van der Waals surface area contributed by atoms with E-state index in [-0.39, 0.29) is 17.9 Å². The van der Waals surface area contributed by atoms with E-state index in [4.69, 9.17) is 0 Å². The first-order valence-electron chi connectivity index (χ1n) is 4.29. The van der Waals surface area contributed by atoms with E-state index in [1.165, 1.54) is 7.11 Å². The number of hydrogen-bond donors (Lipinski definition) is 2. The Morgan fingerprint density at radius 3 is 3.15 bits per heavy atom. The summed E-state index contributed by atoms with van der Waals surface area (Å²) in [5, 5.41) is 5.81. The molecule has 0 bridgehead atoms. The summed E-state index contributed by atoms with van der Waals surface area (Å²) in [4.78, 5) is 21.8. The molecule has 5 nitrogen and oxygen atoms in total. The van der Waals surface area contributed by atoms with Gasteiger partial charge in [0, 0.05) is 25.6 Å².